The number of nitro benzene ring substituents is 1. The van der Waals surface area contributed by atoms with Crippen LogP contribution in [0.3, 0.4) is 0 Å². The standard InChI is InChI=1S/C15H11N3O4/c1-21-13-7-5-10(6-8-13)14-16-17-15(22-14)11-3-2-4-12(9-11)18(19)20/h2-9H,1H3. The maximum absolute atomic E-state index is 10.8. The maximum atomic E-state index is 10.8. The first kappa shape index (κ1) is 13.7. The number of nitro groups is 1. The molecular formula is C15H11N3O4. The van der Waals surface area contributed by atoms with E-state index in [0.29, 0.717) is 11.5 Å². The Bertz CT molecular complexity index is 812. The monoisotopic (exact) mass is 297 g/mol. The van der Waals surface area contributed by atoms with Crippen LogP contribution in [-0.2, 0) is 0 Å². The third kappa shape index (κ3) is 2.64. The molecule has 0 amide bonds. The molecule has 0 aliphatic heterocycles. The molecule has 3 aromatic rings. The minimum atomic E-state index is -0.468. The average molecular weight is 297 g/mol. The molecule has 0 aliphatic carbocycles. The van der Waals surface area contributed by atoms with Crippen LogP contribution in [0.15, 0.2) is 52.9 Å². The highest BCUT2D eigenvalue weighted by Crippen LogP contribution is 2.27. The first-order valence-corrected chi connectivity index (χ1v) is 6.40. The largest absolute Gasteiger partial charge is 0.497 e. The predicted molar refractivity (Wildman–Crippen MR) is 78.4 cm³/mol. The Balaban J connectivity index is 1.93. The van der Waals surface area contributed by atoms with Crippen molar-refractivity contribution in [1.82, 2.24) is 10.2 Å². The number of hydrogen-bond donors (Lipinski definition) is 0. The molecular weight excluding hydrogens is 286 g/mol. The van der Waals surface area contributed by atoms with Crippen LogP contribution in [0.4, 0.5) is 5.69 Å². The van der Waals surface area contributed by atoms with E-state index in [0.717, 1.165) is 11.3 Å². The molecule has 22 heavy (non-hydrogen) atoms. The molecule has 0 unspecified atom stereocenters. The second-order valence-corrected chi connectivity index (χ2v) is 4.45. The number of methoxy groups -OCH3 is 1. The fourth-order valence-electron chi connectivity index (χ4n) is 1.94. The van der Waals surface area contributed by atoms with Crippen LogP contribution < -0.4 is 4.74 Å². The molecule has 0 N–H and O–H groups in total. The summed E-state index contributed by atoms with van der Waals surface area (Å²) in [6, 6.07) is 13.2. The van der Waals surface area contributed by atoms with Crippen molar-refractivity contribution in [1.29, 1.82) is 0 Å². The Hall–Kier alpha value is -3.22. The first-order chi connectivity index (χ1) is 10.7. The second-order valence-electron chi connectivity index (χ2n) is 4.45. The molecule has 0 fully saturated rings. The van der Waals surface area contributed by atoms with Crippen molar-refractivity contribution in [2.75, 3.05) is 7.11 Å². The van der Waals surface area contributed by atoms with Gasteiger partial charge in [0, 0.05) is 23.3 Å². The van der Waals surface area contributed by atoms with Crippen molar-refractivity contribution in [3.05, 3.63) is 58.6 Å². The summed E-state index contributed by atoms with van der Waals surface area (Å²) in [6.07, 6.45) is 0. The molecule has 110 valence electrons. The Kier molecular flexibility index (Phi) is 3.53. The van der Waals surface area contributed by atoms with Gasteiger partial charge in [0.1, 0.15) is 5.75 Å². The molecule has 1 heterocycles. The molecule has 0 saturated heterocycles. The molecule has 7 heteroatoms. The summed E-state index contributed by atoms with van der Waals surface area (Å²) in [5.74, 6) is 1.29. The minimum Gasteiger partial charge on any atom is -0.497 e. The van der Waals surface area contributed by atoms with Gasteiger partial charge in [-0.25, -0.2) is 0 Å². The van der Waals surface area contributed by atoms with E-state index in [1.165, 1.54) is 12.1 Å². The van der Waals surface area contributed by atoms with Gasteiger partial charge in [-0.05, 0) is 30.3 Å². The number of rotatable bonds is 4. The van der Waals surface area contributed by atoms with Crippen LogP contribution in [0.25, 0.3) is 22.9 Å². The van der Waals surface area contributed by atoms with E-state index in [-0.39, 0.29) is 11.6 Å². The Labute approximate surface area is 125 Å². The van der Waals surface area contributed by atoms with Crippen LogP contribution in [-0.4, -0.2) is 22.2 Å². The van der Waals surface area contributed by atoms with Gasteiger partial charge in [-0.1, -0.05) is 6.07 Å². The van der Waals surface area contributed by atoms with Crippen molar-refractivity contribution < 1.29 is 14.1 Å². The number of ether oxygens (including phenoxy) is 1. The van der Waals surface area contributed by atoms with Gasteiger partial charge in [0.15, 0.2) is 0 Å². The Morgan fingerprint density at radius 3 is 2.36 bits per heavy atom. The number of hydrogen-bond acceptors (Lipinski definition) is 6. The zero-order valence-electron chi connectivity index (χ0n) is 11.6. The van der Waals surface area contributed by atoms with Gasteiger partial charge in [-0.2, -0.15) is 0 Å². The molecule has 0 aliphatic rings. The van der Waals surface area contributed by atoms with E-state index in [1.807, 2.05) is 0 Å². The molecule has 1 aromatic heterocycles. The summed E-state index contributed by atoms with van der Waals surface area (Å²) in [7, 11) is 1.59. The SMILES string of the molecule is COc1ccc(-c2nnc(-c3cccc([N+](=O)[O-])c3)o2)cc1. The average Bonchev–Trinajstić information content (AvgIpc) is 3.05. The van der Waals surface area contributed by atoms with Crippen molar-refractivity contribution in [3.63, 3.8) is 0 Å². The third-order valence-electron chi connectivity index (χ3n) is 3.07. The molecule has 7 nitrogen and oxygen atoms in total. The van der Waals surface area contributed by atoms with Gasteiger partial charge in [0.25, 0.3) is 5.69 Å². The summed E-state index contributed by atoms with van der Waals surface area (Å²) in [4.78, 5) is 10.3. The van der Waals surface area contributed by atoms with Gasteiger partial charge in [-0.3, -0.25) is 10.1 Å². The molecule has 0 atom stereocenters. The lowest BCUT2D eigenvalue weighted by Crippen LogP contribution is -1.88. The summed E-state index contributed by atoms with van der Waals surface area (Å²) in [6.45, 7) is 0. The van der Waals surface area contributed by atoms with E-state index in [1.54, 1.807) is 43.5 Å². The van der Waals surface area contributed by atoms with Gasteiger partial charge in [0.05, 0.1) is 12.0 Å². The van der Waals surface area contributed by atoms with Crippen LogP contribution in [0.2, 0.25) is 0 Å². The van der Waals surface area contributed by atoms with E-state index in [2.05, 4.69) is 10.2 Å². The van der Waals surface area contributed by atoms with Crippen molar-refractivity contribution in [2.45, 2.75) is 0 Å². The zero-order chi connectivity index (χ0) is 15.5. The highest BCUT2D eigenvalue weighted by molar-refractivity contribution is 5.60. The van der Waals surface area contributed by atoms with Crippen LogP contribution in [0.5, 0.6) is 5.75 Å². The topological polar surface area (TPSA) is 91.3 Å². The van der Waals surface area contributed by atoms with Gasteiger partial charge >= 0.3 is 0 Å². The molecule has 0 radical (unpaired) electrons. The van der Waals surface area contributed by atoms with E-state index < -0.39 is 4.92 Å². The van der Waals surface area contributed by atoms with Gasteiger partial charge in [0.2, 0.25) is 11.8 Å². The van der Waals surface area contributed by atoms with E-state index >= 15 is 0 Å². The Morgan fingerprint density at radius 2 is 1.73 bits per heavy atom. The number of benzene rings is 2. The van der Waals surface area contributed by atoms with Crippen molar-refractivity contribution in [2.24, 2.45) is 0 Å². The zero-order valence-corrected chi connectivity index (χ0v) is 11.6. The van der Waals surface area contributed by atoms with Crippen molar-refractivity contribution in [3.8, 4) is 28.7 Å². The molecule has 0 spiro atoms. The number of nitrogens with zero attached hydrogens (tertiary/aromatic N) is 3. The third-order valence-corrected chi connectivity index (χ3v) is 3.07. The van der Waals surface area contributed by atoms with E-state index in [4.69, 9.17) is 9.15 Å². The predicted octanol–water partition coefficient (Wildman–Crippen LogP) is 3.32. The Morgan fingerprint density at radius 1 is 1.05 bits per heavy atom. The lowest BCUT2D eigenvalue weighted by Gasteiger charge is -1.99. The molecule has 0 saturated carbocycles. The molecule has 2 aromatic carbocycles. The molecule has 0 bridgehead atoms. The van der Waals surface area contributed by atoms with Gasteiger partial charge in [-0.15, -0.1) is 10.2 Å². The minimum absolute atomic E-state index is 0.0262. The number of non-ortho nitro benzene ring substituents is 1. The fourth-order valence-corrected chi connectivity index (χ4v) is 1.94. The van der Waals surface area contributed by atoms with Crippen LogP contribution in [0, 0.1) is 10.1 Å². The van der Waals surface area contributed by atoms with Gasteiger partial charge < -0.3 is 9.15 Å². The highest BCUT2D eigenvalue weighted by Gasteiger charge is 2.13. The lowest BCUT2D eigenvalue weighted by molar-refractivity contribution is -0.384. The maximum Gasteiger partial charge on any atom is 0.270 e. The quantitative estimate of drug-likeness (QED) is 0.542. The lowest BCUT2D eigenvalue weighted by atomic mass is 10.2. The summed E-state index contributed by atoms with van der Waals surface area (Å²) < 4.78 is 10.7. The fraction of sp³-hybridized carbons (Fsp3) is 0.0667. The number of aromatic nitrogens is 2. The summed E-state index contributed by atoms with van der Waals surface area (Å²) in [5.41, 5.74) is 1.22. The second kappa shape index (κ2) is 5.65. The summed E-state index contributed by atoms with van der Waals surface area (Å²) >= 11 is 0. The first-order valence-electron chi connectivity index (χ1n) is 6.40. The van der Waals surface area contributed by atoms with Crippen molar-refractivity contribution >= 4 is 5.69 Å². The van der Waals surface area contributed by atoms with E-state index in [9.17, 15) is 10.1 Å². The van der Waals surface area contributed by atoms with Crippen LogP contribution in [0.1, 0.15) is 0 Å². The highest BCUT2D eigenvalue weighted by atomic mass is 16.6. The molecule has 3 rings (SSSR count). The smallest absolute Gasteiger partial charge is 0.270 e. The normalized spacial score (nSPS) is 10.4. The summed E-state index contributed by atoms with van der Waals surface area (Å²) in [5, 5.41) is 18.7. The van der Waals surface area contributed by atoms with Crippen LogP contribution >= 0.6 is 0 Å².